The molecule has 1 aliphatic rings. The molecule has 0 spiro atoms. The Bertz CT molecular complexity index is 644. The molecule has 1 aromatic carbocycles. The average molecular weight is 286 g/mol. The number of tetrazole rings is 1. The predicted octanol–water partition coefficient (Wildman–Crippen LogP) is 2.16. The number of hydrogen-bond donors (Lipinski definition) is 1. The average Bonchev–Trinajstić information content (AvgIpc) is 2.90. The lowest BCUT2D eigenvalue weighted by atomic mass is 9.69. The van der Waals surface area contributed by atoms with Gasteiger partial charge < -0.3 is 5.11 Å². The molecule has 1 heterocycles. The lowest BCUT2D eigenvalue weighted by molar-refractivity contribution is -0.156. The molecule has 1 aromatic heterocycles. The lowest BCUT2D eigenvalue weighted by Gasteiger charge is -2.37. The summed E-state index contributed by atoms with van der Waals surface area (Å²) in [5, 5.41) is 21.2. The standard InChI is InChI=1S/C15H18N4O2/c1-2-11-4-6-12(7-5-11)13-16-17-18-19(13)10-15(14(20)21)8-3-9-15/h4-7H,2-3,8-10H2,1H3,(H,20,21). The summed E-state index contributed by atoms with van der Waals surface area (Å²) in [6, 6.07) is 8.06. The summed E-state index contributed by atoms with van der Waals surface area (Å²) in [6.07, 6.45) is 3.31. The maximum atomic E-state index is 11.5. The number of aliphatic carboxylic acids is 1. The third-order valence-corrected chi connectivity index (χ3v) is 4.37. The van der Waals surface area contributed by atoms with Gasteiger partial charge in [-0.05, 0) is 35.3 Å². The summed E-state index contributed by atoms with van der Waals surface area (Å²) >= 11 is 0. The zero-order valence-corrected chi connectivity index (χ0v) is 12.0. The molecule has 2 aromatic rings. The van der Waals surface area contributed by atoms with Crippen LogP contribution in [0.5, 0.6) is 0 Å². The monoisotopic (exact) mass is 286 g/mol. The van der Waals surface area contributed by atoms with E-state index in [1.807, 2.05) is 24.3 Å². The molecule has 3 rings (SSSR count). The van der Waals surface area contributed by atoms with E-state index >= 15 is 0 Å². The Hall–Kier alpha value is -2.24. The summed E-state index contributed by atoms with van der Waals surface area (Å²) in [5.41, 5.74) is 1.46. The number of aromatic nitrogens is 4. The maximum Gasteiger partial charge on any atom is 0.311 e. The smallest absolute Gasteiger partial charge is 0.311 e. The molecule has 6 heteroatoms. The molecule has 0 unspecified atom stereocenters. The van der Waals surface area contributed by atoms with Gasteiger partial charge in [-0.1, -0.05) is 37.6 Å². The second-order valence-corrected chi connectivity index (χ2v) is 5.65. The third-order valence-electron chi connectivity index (χ3n) is 4.37. The first-order valence-corrected chi connectivity index (χ1v) is 7.23. The number of carboxylic acids is 1. The molecule has 6 nitrogen and oxygen atoms in total. The number of carbonyl (C=O) groups is 1. The van der Waals surface area contributed by atoms with Gasteiger partial charge in [0, 0.05) is 5.56 Å². The highest BCUT2D eigenvalue weighted by Gasteiger charge is 2.45. The van der Waals surface area contributed by atoms with Crippen molar-refractivity contribution < 1.29 is 9.90 Å². The normalized spacial score (nSPS) is 16.4. The second-order valence-electron chi connectivity index (χ2n) is 5.65. The van der Waals surface area contributed by atoms with Crippen molar-refractivity contribution in [3.63, 3.8) is 0 Å². The van der Waals surface area contributed by atoms with Crippen LogP contribution in [0.2, 0.25) is 0 Å². The minimum atomic E-state index is -0.753. The number of rotatable bonds is 5. The van der Waals surface area contributed by atoms with E-state index in [2.05, 4.69) is 22.4 Å². The van der Waals surface area contributed by atoms with E-state index < -0.39 is 11.4 Å². The molecule has 1 fully saturated rings. The van der Waals surface area contributed by atoms with Crippen molar-refractivity contribution in [2.24, 2.45) is 5.41 Å². The van der Waals surface area contributed by atoms with Crippen molar-refractivity contribution in [2.45, 2.75) is 39.2 Å². The summed E-state index contributed by atoms with van der Waals surface area (Å²) in [6.45, 7) is 2.44. The maximum absolute atomic E-state index is 11.5. The molecular formula is C15H18N4O2. The number of hydrogen-bond acceptors (Lipinski definition) is 4. The van der Waals surface area contributed by atoms with Crippen LogP contribution < -0.4 is 0 Å². The van der Waals surface area contributed by atoms with E-state index in [1.165, 1.54) is 5.56 Å². The zero-order chi connectivity index (χ0) is 14.9. The van der Waals surface area contributed by atoms with Gasteiger partial charge in [-0.25, -0.2) is 4.68 Å². The van der Waals surface area contributed by atoms with Crippen LogP contribution >= 0.6 is 0 Å². The molecule has 0 radical (unpaired) electrons. The highest BCUT2D eigenvalue weighted by Crippen LogP contribution is 2.43. The first-order valence-electron chi connectivity index (χ1n) is 7.23. The Morgan fingerprint density at radius 1 is 1.33 bits per heavy atom. The van der Waals surface area contributed by atoms with Crippen molar-refractivity contribution in [1.29, 1.82) is 0 Å². The number of benzene rings is 1. The Morgan fingerprint density at radius 3 is 2.57 bits per heavy atom. The number of nitrogens with zero attached hydrogens (tertiary/aromatic N) is 4. The van der Waals surface area contributed by atoms with E-state index in [-0.39, 0.29) is 0 Å². The van der Waals surface area contributed by atoms with Gasteiger partial charge >= 0.3 is 5.97 Å². The third kappa shape index (κ3) is 2.41. The Balaban J connectivity index is 1.88. The molecule has 1 saturated carbocycles. The van der Waals surface area contributed by atoms with Crippen molar-refractivity contribution in [1.82, 2.24) is 20.2 Å². The van der Waals surface area contributed by atoms with Crippen molar-refractivity contribution in [2.75, 3.05) is 0 Å². The second kappa shape index (κ2) is 5.27. The van der Waals surface area contributed by atoms with Gasteiger partial charge in [0.1, 0.15) is 0 Å². The van der Waals surface area contributed by atoms with Gasteiger partial charge in [-0.3, -0.25) is 4.79 Å². The SMILES string of the molecule is CCc1ccc(-c2nnnn2CC2(C(=O)O)CCC2)cc1. The van der Waals surface area contributed by atoms with Crippen LogP contribution in [0.3, 0.4) is 0 Å². The molecule has 1 aliphatic carbocycles. The van der Waals surface area contributed by atoms with E-state index in [1.54, 1.807) is 4.68 Å². The molecule has 0 aliphatic heterocycles. The van der Waals surface area contributed by atoms with Crippen molar-refractivity contribution in [3.05, 3.63) is 29.8 Å². The summed E-state index contributed by atoms with van der Waals surface area (Å²) < 4.78 is 1.62. The van der Waals surface area contributed by atoms with E-state index in [9.17, 15) is 9.90 Å². The van der Waals surface area contributed by atoms with Crippen LogP contribution in [-0.4, -0.2) is 31.3 Å². The zero-order valence-electron chi connectivity index (χ0n) is 12.0. The minimum Gasteiger partial charge on any atom is -0.481 e. The Labute approximate surface area is 122 Å². The summed E-state index contributed by atoms with van der Waals surface area (Å²) in [4.78, 5) is 11.5. The highest BCUT2D eigenvalue weighted by atomic mass is 16.4. The van der Waals surface area contributed by atoms with Crippen LogP contribution in [0, 0.1) is 5.41 Å². The van der Waals surface area contributed by atoms with Gasteiger partial charge in [-0.15, -0.1) is 5.10 Å². The first kappa shape index (κ1) is 13.7. The summed E-state index contributed by atoms with van der Waals surface area (Å²) in [5.74, 6) is -0.123. The highest BCUT2D eigenvalue weighted by molar-refractivity contribution is 5.75. The quantitative estimate of drug-likeness (QED) is 0.911. The molecule has 0 amide bonds. The van der Waals surface area contributed by atoms with Gasteiger partial charge in [0.25, 0.3) is 0 Å². The molecule has 0 bridgehead atoms. The molecule has 0 atom stereocenters. The topological polar surface area (TPSA) is 80.9 Å². The van der Waals surface area contributed by atoms with Gasteiger partial charge in [0.15, 0.2) is 5.82 Å². The molecule has 1 N–H and O–H groups in total. The largest absolute Gasteiger partial charge is 0.481 e. The van der Waals surface area contributed by atoms with Crippen LogP contribution in [0.15, 0.2) is 24.3 Å². The van der Waals surface area contributed by atoms with Crippen LogP contribution in [-0.2, 0) is 17.8 Å². The van der Waals surface area contributed by atoms with E-state index in [0.717, 1.165) is 18.4 Å². The molecule has 0 saturated heterocycles. The predicted molar refractivity (Wildman–Crippen MR) is 76.6 cm³/mol. The van der Waals surface area contributed by atoms with Crippen LogP contribution in [0.25, 0.3) is 11.4 Å². The Kier molecular flexibility index (Phi) is 3.45. The molecule has 21 heavy (non-hydrogen) atoms. The van der Waals surface area contributed by atoms with E-state index in [0.29, 0.717) is 25.2 Å². The van der Waals surface area contributed by atoms with Crippen molar-refractivity contribution in [3.8, 4) is 11.4 Å². The van der Waals surface area contributed by atoms with Crippen LogP contribution in [0.4, 0.5) is 0 Å². The van der Waals surface area contributed by atoms with E-state index in [4.69, 9.17) is 0 Å². The molecular weight excluding hydrogens is 268 g/mol. The van der Waals surface area contributed by atoms with Gasteiger partial charge in [-0.2, -0.15) is 0 Å². The number of carboxylic acid groups (broad SMARTS) is 1. The summed E-state index contributed by atoms with van der Waals surface area (Å²) in [7, 11) is 0. The Morgan fingerprint density at radius 2 is 2.05 bits per heavy atom. The fourth-order valence-electron chi connectivity index (χ4n) is 2.74. The van der Waals surface area contributed by atoms with Crippen LogP contribution in [0.1, 0.15) is 31.7 Å². The van der Waals surface area contributed by atoms with Gasteiger partial charge in [0.05, 0.1) is 12.0 Å². The number of aryl methyl sites for hydroxylation is 1. The fraction of sp³-hybridized carbons (Fsp3) is 0.467. The van der Waals surface area contributed by atoms with Crippen molar-refractivity contribution >= 4 is 5.97 Å². The molecule has 110 valence electrons. The lowest BCUT2D eigenvalue weighted by Crippen LogP contribution is -2.42. The minimum absolute atomic E-state index is 0.334. The fourth-order valence-corrected chi connectivity index (χ4v) is 2.74. The van der Waals surface area contributed by atoms with Gasteiger partial charge in [0.2, 0.25) is 0 Å². The first-order chi connectivity index (χ1) is 10.1.